The molecule has 0 spiro atoms. The van der Waals surface area contributed by atoms with Gasteiger partial charge in [-0.15, -0.1) is 0 Å². The lowest BCUT2D eigenvalue weighted by Gasteiger charge is -2.13. The van der Waals surface area contributed by atoms with Crippen LogP contribution in [0.5, 0.6) is 0 Å². The molecule has 0 aromatic heterocycles. The number of rotatable bonds is 3. The predicted molar refractivity (Wildman–Crippen MR) is 48.3 cm³/mol. The van der Waals surface area contributed by atoms with E-state index in [2.05, 4.69) is 0 Å². The van der Waals surface area contributed by atoms with E-state index in [0.29, 0.717) is 6.42 Å². The van der Waals surface area contributed by atoms with Crippen LogP contribution >= 0.6 is 0 Å². The Hall–Kier alpha value is -1.32. The van der Waals surface area contributed by atoms with E-state index in [0.717, 1.165) is 17.8 Å². The van der Waals surface area contributed by atoms with Gasteiger partial charge in [0, 0.05) is 12.5 Å². The molecule has 1 radical (unpaired) electrons. The number of methoxy groups -OCH3 is 1. The summed E-state index contributed by atoms with van der Waals surface area (Å²) in [6.45, 7) is 1.95. The zero-order valence-corrected chi connectivity index (χ0v) is 7.74. The fourth-order valence-corrected chi connectivity index (χ4v) is 1.29. The van der Waals surface area contributed by atoms with E-state index < -0.39 is 0 Å². The van der Waals surface area contributed by atoms with Gasteiger partial charge in [0.25, 0.3) is 5.70 Å². The summed E-state index contributed by atoms with van der Waals surface area (Å²) in [5.41, 5.74) is 1.08. The first-order valence-electron chi connectivity index (χ1n) is 4.14. The van der Waals surface area contributed by atoms with Crippen molar-refractivity contribution in [1.82, 2.24) is 0 Å². The van der Waals surface area contributed by atoms with Gasteiger partial charge >= 0.3 is 0 Å². The van der Waals surface area contributed by atoms with Gasteiger partial charge in [-0.25, -0.2) is 0 Å². The lowest BCUT2D eigenvalue weighted by molar-refractivity contribution is -0.422. The molecule has 71 valence electrons. The van der Waals surface area contributed by atoms with Crippen molar-refractivity contribution in [1.29, 1.82) is 0 Å². The van der Waals surface area contributed by atoms with E-state index in [9.17, 15) is 10.1 Å². The Morgan fingerprint density at radius 1 is 1.69 bits per heavy atom. The molecule has 4 heteroatoms. The Morgan fingerprint density at radius 3 is 2.85 bits per heavy atom. The van der Waals surface area contributed by atoms with Crippen molar-refractivity contribution in [3.8, 4) is 0 Å². The van der Waals surface area contributed by atoms with Crippen LogP contribution in [-0.4, -0.2) is 12.0 Å². The molecule has 1 aliphatic rings. The highest BCUT2D eigenvalue weighted by Gasteiger charge is 2.20. The van der Waals surface area contributed by atoms with Crippen molar-refractivity contribution in [2.24, 2.45) is 0 Å². The normalized spacial score (nSPS) is 16.9. The fourth-order valence-electron chi connectivity index (χ4n) is 1.29. The number of ether oxygens (including phenoxy) is 1. The SMILES string of the molecule is CCC1=C(OC)C[CH]C([N+](=O)[O-])=C1. The Kier molecular flexibility index (Phi) is 3.06. The van der Waals surface area contributed by atoms with E-state index in [1.807, 2.05) is 6.92 Å². The third kappa shape index (κ3) is 2.08. The lowest BCUT2D eigenvalue weighted by Crippen LogP contribution is -2.07. The van der Waals surface area contributed by atoms with E-state index in [1.54, 1.807) is 19.6 Å². The Morgan fingerprint density at radius 2 is 2.38 bits per heavy atom. The minimum atomic E-state index is -0.373. The molecule has 0 aromatic rings. The first kappa shape index (κ1) is 9.77. The van der Waals surface area contributed by atoms with Crippen molar-refractivity contribution < 1.29 is 9.66 Å². The van der Waals surface area contributed by atoms with Crippen LogP contribution in [0.1, 0.15) is 19.8 Å². The number of nitrogens with zero attached hydrogens (tertiary/aromatic N) is 1. The predicted octanol–water partition coefficient (Wildman–Crippen LogP) is 2.07. The molecular formula is C9H12NO3. The molecule has 13 heavy (non-hydrogen) atoms. The van der Waals surface area contributed by atoms with Crippen LogP contribution in [0.3, 0.4) is 0 Å². The second kappa shape index (κ2) is 4.07. The molecule has 0 aromatic carbocycles. The van der Waals surface area contributed by atoms with Crippen LogP contribution < -0.4 is 0 Å². The Balaban J connectivity index is 2.93. The van der Waals surface area contributed by atoms with Crippen molar-refractivity contribution in [3.63, 3.8) is 0 Å². The largest absolute Gasteiger partial charge is 0.501 e. The molecule has 0 N–H and O–H groups in total. The fraction of sp³-hybridized carbons (Fsp3) is 0.444. The molecule has 1 rings (SSSR count). The van der Waals surface area contributed by atoms with Crippen LogP contribution in [0, 0.1) is 16.5 Å². The third-order valence-corrected chi connectivity index (χ3v) is 2.01. The summed E-state index contributed by atoms with van der Waals surface area (Å²) in [4.78, 5) is 10.1. The van der Waals surface area contributed by atoms with Gasteiger partial charge in [-0.1, -0.05) is 6.92 Å². The highest BCUT2D eigenvalue weighted by molar-refractivity contribution is 5.33. The standard InChI is InChI=1S/C9H12NO3/c1-3-7-6-8(10(11)12)4-5-9(7)13-2/h4,6H,3,5H2,1-2H3. The van der Waals surface area contributed by atoms with Crippen molar-refractivity contribution in [2.45, 2.75) is 19.8 Å². The van der Waals surface area contributed by atoms with Crippen LogP contribution in [-0.2, 0) is 4.74 Å². The van der Waals surface area contributed by atoms with Crippen LogP contribution in [0.4, 0.5) is 0 Å². The summed E-state index contributed by atoms with van der Waals surface area (Å²) in [6.07, 6.45) is 4.42. The molecular weight excluding hydrogens is 170 g/mol. The number of hydrogen-bond donors (Lipinski definition) is 0. The summed E-state index contributed by atoms with van der Waals surface area (Å²) in [7, 11) is 1.59. The zero-order valence-electron chi connectivity index (χ0n) is 7.74. The second-order valence-electron chi connectivity index (χ2n) is 2.74. The van der Waals surface area contributed by atoms with Crippen LogP contribution in [0.15, 0.2) is 23.1 Å². The van der Waals surface area contributed by atoms with E-state index in [-0.39, 0.29) is 10.6 Å². The van der Waals surface area contributed by atoms with E-state index >= 15 is 0 Å². The highest BCUT2D eigenvalue weighted by Crippen LogP contribution is 2.25. The molecule has 0 saturated carbocycles. The minimum absolute atomic E-state index is 0.164. The van der Waals surface area contributed by atoms with E-state index in [1.165, 1.54) is 0 Å². The number of allylic oxidation sites excluding steroid dienone is 4. The van der Waals surface area contributed by atoms with Gasteiger partial charge in [0.15, 0.2) is 0 Å². The Bertz CT molecular complexity index is 279. The average Bonchev–Trinajstić information content (AvgIpc) is 2.16. The summed E-state index contributed by atoms with van der Waals surface area (Å²) in [6, 6.07) is 0. The van der Waals surface area contributed by atoms with Gasteiger partial charge < -0.3 is 4.74 Å². The summed E-state index contributed by atoms with van der Waals surface area (Å²) in [5, 5.41) is 10.5. The summed E-state index contributed by atoms with van der Waals surface area (Å²) < 4.78 is 5.10. The minimum Gasteiger partial charge on any atom is -0.501 e. The second-order valence-corrected chi connectivity index (χ2v) is 2.74. The quantitative estimate of drug-likeness (QED) is 0.496. The molecule has 0 bridgehead atoms. The molecule has 0 amide bonds. The first-order valence-corrected chi connectivity index (χ1v) is 4.14. The molecule has 0 unspecified atom stereocenters. The number of nitro groups is 1. The average molecular weight is 182 g/mol. The molecule has 0 saturated heterocycles. The molecule has 1 aliphatic carbocycles. The molecule has 0 aliphatic heterocycles. The molecule has 0 atom stereocenters. The van der Waals surface area contributed by atoms with Crippen LogP contribution in [0.25, 0.3) is 0 Å². The lowest BCUT2D eigenvalue weighted by atomic mass is 10.0. The van der Waals surface area contributed by atoms with Gasteiger partial charge in [-0.2, -0.15) is 0 Å². The molecule has 4 nitrogen and oxygen atoms in total. The maximum atomic E-state index is 10.5. The topological polar surface area (TPSA) is 52.4 Å². The summed E-state index contributed by atoms with van der Waals surface area (Å²) >= 11 is 0. The van der Waals surface area contributed by atoms with Gasteiger partial charge in [0.1, 0.15) is 0 Å². The third-order valence-electron chi connectivity index (χ3n) is 2.01. The van der Waals surface area contributed by atoms with Gasteiger partial charge in [-0.3, -0.25) is 10.1 Å². The zero-order chi connectivity index (χ0) is 9.84. The molecule has 0 fully saturated rings. The van der Waals surface area contributed by atoms with Gasteiger partial charge in [0.2, 0.25) is 0 Å². The maximum Gasteiger partial charge on any atom is 0.251 e. The van der Waals surface area contributed by atoms with Crippen molar-refractivity contribution in [3.05, 3.63) is 39.6 Å². The highest BCUT2D eigenvalue weighted by atomic mass is 16.6. The Labute approximate surface area is 77.0 Å². The van der Waals surface area contributed by atoms with E-state index in [4.69, 9.17) is 4.74 Å². The van der Waals surface area contributed by atoms with Crippen molar-refractivity contribution >= 4 is 0 Å². The van der Waals surface area contributed by atoms with Crippen LogP contribution in [0.2, 0.25) is 0 Å². The smallest absolute Gasteiger partial charge is 0.251 e. The first-order chi connectivity index (χ1) is 6.19. The van der Waals surface area contributed by atoms with Gasteiger partial charge in [-0.05, 0) is 12.0 Å². The molecule has 0 heterocycles. The monoisotopic (exact) mass is 182 g/mol. The van der Waals surface area contributed by atoms with Crippen molar-refractivity contribution in [2.75, 3.05) is 7.11 Å². The summed E-state index contributed by atoms with van der Waals surface area (Å²) in [5.74, 6) is 0.827. The van der Waals surface area contributed by atoms with Gasteiger partial charge in [0.05, 0.1) is 24.2 Å². The maximum absolute atomic E-state index is 10.5. The number of hydrogen-bond acceptors (Lipinski definition) is 3.